The second kappa shape index (κ2) is 10.4. The number of nitriles is 1. The van der Waals surface area contributed by atoms with E-state index in [1.165, 1.54) is 0 Å². The van der Waals surface area contributed by atoms with Gasteiger partial charge in [-0.1, -0.05) is 0 Å². The molecule has 37 heavy (non-hydrogen) atoms. The number of amides is 1. The number of nitrogens with zero attached hydrogens (tertiary/aromatic N) is 2. The molecule has 1 heterocycles. The Kier molecular flexibility index (Phi) is 7.02. The van der Waals surface area contributed by atoms with Crippen molar-refractivity contribution in [2.24, 2.45) is 5.92 Å². The minimum Gasteiger partial charge on any atom is -0.491 e. The summed E-state index contributed by atoms with van der Waals surface area (Å²) in [5.74, 6) is 0.763. The molecule has 3 fully saturated rings. The van der Waals surface area contributed by atoms with Crippen LogP contribution in [0, 0.1) is 22.7 Å². The van der Waals surface area contributed by atoms with Crippen molar-refractivity contribution in [1.82, 2.24) is 10.6 Å². The normalized spacial score (nSPS) is 26.6. The number of carbonyl (C=O) groups is 1. The fraction of sp³-hybridized carbons (Fsp3) is 0.500. The van der Waals surface area contributed by atoms with Crippen LogP contribution in [-0.2, 0) is 4.74 Å². The molecule has 9 nitrogen and oxygen atoms in total. The summed E-state index contributed by atoms with van der Waals surface area (Å²) < 4.78 is 6.96. The Morgan fingerprint density at radius 3 is 2.65 bits per heavy atom. The summed E-state index contributed by atoms with van der Waals surface area (Å²) in [4.78, 5) is 13.2. The predicted molar refractivity (Wildman–Crippen MR) is 134 cm³/mol. The van der Waals surface area contributed by atoms with Crippen LogP contribution in [0.5, 0.6) is 0 Å². The summed E-state index contributed by atoms with van der Waals surface area (Å²) in [5, 5.41) is 44.8. The molecule has 1 aromatic heterocycles. The highest BCUT2D eigenvalue weighted by molar-refractivity contribution is 6.10. The van der Waals surface area contributed by atoms with Crippen molar-refractivity contribution in [3.63, 3.8) is 0 Å². The molecule has 5 N–H and O–H groups in total. The molecule has 0 spiro atoms. The number of aromatic nitrogens is 1. The molecule has 0 unspecified atom stereocenters. The number of hydrogen-bond acceptors (Lipinski definition) is 7. The van der Waals surface area contributed by atoms with Crippen molar-refractivity contribution in [3.05, 3.63) is 65.0 Å². The van der Waals surface area contributed by atoms with E-state index in [4.69, 9.17) is 15.4 Å². The molecule has 9 heteroatoms. The van der Waals surface area contributed by atoms with E-state index in [1.807, 2.05) is 6.07 Å². The highest BCUT2D eigenvalue weighted by Gasteiger charge is 2.36. The Balaban J connectivity index is 1.31. The minimum absolute atomic E-state index is 0.126. The Hall–Kier alpha value is -3.64. The van der Waals surface area contributed by atoms with Crippen LogP contribution < -0.4 is 15.4 Å². The smallest absolute Gasteiger partial charge is 0.325 e. The molecule has 1 amide bonds. The predicted octanol–water partition coefficient (Wildman–Crippen LogP) is 3.11. The highest BCUT2D eigenvalue weighted by Crippen LogP contribution is 2.38. The fourth-order valence-electron chi connectivity index (χ4n) is 4.84. The largest absolute Gasteiger partial charge is 0.491 e. The molecular formula is C28H34N5O4+. The van der Waals surface area contributed by atoms with Crippen molar-refractivity contribution < 1.29 is 24.6 Å². The number of ether oxygens (including phenoxy) is 1. The van der Waals surface area contributed by atoms with Crippen LogP contribution in [0.1, 0.15) is 79.9 Å². The van der Waals surface area contributed by atoms with Gasteiger partial charge in [0.25, 0.3) is 0 Å². The third kappa shape index (κ3) is 6.03. The average molecular weight is 505 g/mol. The van der Waals surface area contributed by atoms with Crippen LogP contribution in [0.3, 0.4) is 0 Å². The SMILES string of the molecule is N#CC[C@]1(O)CC[C@H](N/C=C2/C=C(NC(=O)c3cccc(C4CC4)[n+]3O)C(OCC3CC3)=CC2=N)CC1. The third-order valence-corrected chi connectivity index (χ3v) is 7.59. The first kappa shape index (κ1) is 25.0. The van der Waals surface area contributed by atoms with Crippen LogP contribution in [0.4, 0.5) is 0 Å². The van der Waals surface area contributed by atoms with Crippen LogP contribution >= 0.6 is 0 Å². The number of pyridine rings is 1. The van der Waals surface area contributed by atoms with Gasteiger partial charge in [-0.3, -0.25) is 10.0 Å². The number of hydrogen-bond donors (Lipinski definition) is 5. The second-order valence-corrected chi connectivity index (χ2v) is 10.7. The second-order valence-electron chi connectivity index (χ2n) is 10.7. The fourth-order valence-corrected chi connectivity index (χ4v) is 4.84. The summed E-state index contributed by atoms with van der Waals surface area (Å²) in [6.45, 7) is 0.536. The molecule has 5 rings (SSSR count). The lowest BCUT2D eigenvalue weighted by Crippen LogP contribution is -2.45. The standard InChI is InChI=1S/C28H33N5O4/c29-13-12-28(35)10-8-21(9-11-28)31-16-20-14-23(26(15-22(20)30)37-17-18-4-5-18)32-27(34)25-3-1-2-24(33(25)36)19-6-7-19/h1-3,14-16,18-19,21,30,34-36H,4-12,17H2/p+1/t21-,28-. The number of rotatable bonds is 9. The lowest BCUT2D eigenvalue weighted by Gasteiger charge is -2.34. The van der Waals surface area contributed by atoms with Gasteiger partial charge in [0.1, 0.15) is 5.76 Å². The van der Waals surface area contributed by atoms with E-state index in [1.54, 1.807) is 30.5 Å². The lowest BCUT2D eigenvalue weighted by molar-refractivity contribution is -0.910. The van der Waals surface area contributed by atoms with Gasteiger partial charge in [-0.15, -0.1) is 0 Å². The maximum atomic E-state index is 13.2. The van der Waals surface area contributed by atoms with Gasteiger partial charge in [-0.05, 0) is 69.4 Å². The van der Waals surface area contributed by atoms with E-state index < -0.39 is 11.5 Å². The van der Waals surface area contributed by atoms with Crippen molar-refractivity contribution >= 4 is 11.6 Å². The summed E-state index contributed by atoms with van der Waals surface area (Å²) in [6.07, 6.45) is 12.0. The van der Waals surface area contributed by atoms with Crippen LogP contribution in [0.15, 0.2) is 53.6 Å². The van der Waals surface area contributed by atoms with E-state index in [2.05, 4.69) is 16.7 Å². The zero-order valence-electron chi connectivity index (χ0n) is 20.9. The molecule has 0 aromatic carbocycles. The van der Waals surface area contributed by atoms with E-state index in [0.29, 0.717) is 42.4 Å². The molecule has 4 aliphatic rings. The monoisotopic (exact) mass is 504 g/mol. The number of aliphatic hydroxyl groups is 1. The van der Waals surface area contributed by atoms with Crippen LogP contribution in [-0.4, -0.2) is 40.2 Å². The first-order valence-corrected chi connectivity index (χ1v) is 13.1. The van der Waals surface area contributed by atoms with Crippen molar-refractivity contribution in [2.75, 3.05) is 6.61 Å². The number of allylic oxidation sites excluding steroid dienone is 3. The Morgan fingerprint density at radius 2 is 1.97 bits per heavy atom. The average Bonchev–Trinajstić information content (AvgIpc) is 3.79. The Labute approximate surface area is 216 Å². The van der Waals surface area contributed by atoms with E-state index in [0.717, 1.165) is 48.9 Å². The van der Waals surface area contributed by atoms with Gasteiger partial charge in [-0.2, -0.15) is 5.26 Å². The highest BCUT2D eigenvalue weighted by atomic mass is 16.5. The van der Waals surface area contributed by atoms with Gasteiger partial charge in [0.05, 0.1) is 36.1 Å². The summed E-state index contributed by atoms with van der Waals surface area (Å²) in [7, 11) is 0. The van der Waals surface area contributed by atoms with Gasteiger partial charge in [0.15, 0.2) is 0 Å². The zero-order valence-corrected chi connectivity index (χ0v) is 20.9. The molecule has 0 bridgehead atoms. The third-order valence-electron chi connectivity index (χ3n) is 7.59. The summed E-state index contributed by atoms with van der Waals surface area (Å²) in [6, 6.07) is 7.38. The molecule has 0 radical (unpaired) electrons. The number of nitrogens with one attached hydrogen (secondary N) is 3. The van der Waals surface area contributed by atoms with Crippen molar-refractivity contribution in [2.45, 2.75) is 75.3 Å². The molecular weight excluding hydrogens is 470 g/mol. The maximum absolute atomic E-state index is 13.2. The summed E-state index contributed by atoms with van der Waals surface area (Å²) >= 11 is 0. The van der Waals surface area contributed by atoms with Gasteiger partial charge in [0, 0.05) is 46.7 Å². The molecule has 0 aliphatic heterocycles. The van der Waals surface area contributed by atoms with Gasteiger partial charge in [0.2, 0.25) is 5.69 Å². The van der Waals surface area contributed by atoms with Crippen LogP contribution in [0.25, 0.3) is 0 Å². The first-order chi connectivity index (χ1) is 17.8. The molecule has 4 aliphatic carbocycles. The lowest BCUT2D eigenvalue weighted by atomic mass is 9.80. The molecule has 194 valence electrons. The van der Waals surface area contributed by atoms with Crippen molar-refractivity contribution in [3.8, 4) is 6.07 Å². The van der Waals surface area contributed by atoms with E-state index >= 15 is 0 Å². The summed E-state index contributed by atoms with van der Waals surface area (Å²) in [5.41, 5.74) is 1.26. The van der Waals surface area contributed by atoms with E-state index in [9.17, 15) is 15.1 Å². The van der Waals surface area contributed by atoms with Gasteiger partial charge >= 0.3 is 11.6 Å². The first-order valence-electron chi connectivity index (χ1n) is 13.1. The van der Waals surface area contributed by atoms with Gasteiger partial charge in [-0.25, -0.2) is 0 Å². The Morgan fingerprint density at radius 1 is 1.22 bits per heavy atom. The minimum atomic E-state index is -0.911. The molecule has 3 saturated carbocycles. The van der Waals surface area contributed by atoms with Gasteiger partial charge < -0.3 is 25.9 Å². The quantitative estimate of drug-likeness (QED) is 0.258. The van der Waals surface area contributed by atoms with Crippen molar-refractivity contribution in [1.29, 1.82) is 10.7 Å². The maximum Gasteiger partial charge on any atom is 0.325 e. The molecule has 0 atom stereocenters. The number of carbonyl (C=O) groups excluding carboxylic acids is 1. The van der Waals surface area contributed by atoms with E-state index in [-0.39, 0.29) is 29.8 Å². The Bertz CT molecular complexity index is 1210. The topological polar surface area (TPSA) is 142 Å². The molecule has 0 saturated heterocycles. The zero-order chi connectivity index (χ0) is 26.0. The molecule has 1 aromatic rings. The van der Waals surface area contributed by atoms with Crippen LogP contribution in [0.2, 0.25) is 0 Å².